The molecule has 6 heteroatoms. The van der Waals surface area contributed by atoms with Gasteiger partial charge in [-0.3, -0.25) is 9.59 Å². The van der Waals surface area contributed by atoms with Crippen molar-refractivity contribution in [3.8, 4) is 0 Å². The van der Waals surface area contributed by atoms with Crippen LogP contribution in [0.2, 0.25) is 0 Å². The molecule has 0 heterocycles. The van der Waals surface area contributed by atoms with E-state index in [1.165, 1.54) is 0 Å². The van der Waals surface area contributed by atoms with Gasteiger partial charge in [0.05, 0.1) is 0 Å². The maximum atomic E-state index is 10.7. The molecule has 0 amide bonds. The Bertz CT molecular complexity index is 1230. The predicted molar refractivity (Wildman–Crippen MR) is 127 cm³/mol. The van der Waals surface area contributed by atoms with E-state index in [1.54, 1.807) is 0 Å². The van der Waals surface area contributed by atoms with Gasteiger partial charge in [-0.25, -0.2) is 0 Å². The van der Waals surface area contributed by atoms with Gasteiger partial charge in [-0.15, -0.1) is 0 Å². The molecule has 4 aromatic rings. The monoisotopic (exact) mass is 430 g/mol. The highest BCUT2D eigenvalue weighted by Gasteiger charge is 2.13. The molecular formula is C26H26N2O4. The highest BCUT2D eigenvalue weighted by molar-refractivity contribution is 5.86. The zero-order valence-electron chi connectivity index (χ0n) is 17.5. The standard InChI is InChI=1S/2C13H13NO2/c14-12(13(15)16)8-10-6-3-5-9-4-1-2-7-11(9)10;14-12(13(15)16)8-9-5-6-10-3-1-2-4-11(10)7-9/h2*1-7,12H,8,14H2,(H,15,16)/t2*12-/m00/s1. The van der Waals surface area contributed by atoms with Crippen molar-refractivity contribution in [1.82, 2.24) is 0 Å². The van der Waals surface area contributed by atoms with E-state index in [1.807, 2.05) is 84.9 Å². The van der Waals surface area contributed by atoms with E-state index in [9.17, 15) is 9.59 Å². The Morgan fingerprint density at radius 1 is 0.656 bits per heavy atom. The summed E-state index contributed by atoms with van der Waals surface area (Å²) in [6.45, 7) is 0. The molecule has 0 unspecified atom stereocenters. The van der Waals surface area contributed by atoms with E-state index in [2.05, 4.69) is 0 Å². The van der Waals surface area contributed by atoms with Crippen molar-refractivity contribution in [2.24, 2.45) is 11.5 Å². The molecule has 0 aliphatic carbocycles. The number of benzene rings is 4. The fourth-order valence-electron chi connectivity index (χ4n) is 3.50. The molecule has 6 N–H and O–H groups in total. The minimum atomic E-state index is -0.965. The zero-order chi connectivity index (χ0) is 23.1. The lowest BCUT2D eigenvalue weighted by Crippen LogP contribution is -2.32. The molecule has 0 bridgehead atoms. The van der Waals surface area contributed by atoms with Gasteiger partial charge in [-0.2, -0.15) is 0 Å². The largest absolute Gasteiger partial charge is 0.480 e. The SMILES string of the molecule is N[C@@H](Cc1ccc2ccccc2c1)C(=O)O.N[C@@H](Cc1cccc2ccccc12)C(=O)O. The summed E-state index contributed by atoms with van der Waals surface area (Å²) >= 11 is 0. The van der Waals surface area contributed by atoms with Crippen LogP contribution in [0.5, 0.6) is 0 Å². The molecule has 0 saturated carbocycles. The second-order valence-corrected chi connectivity index (χ2v) is 7.62. The Morgan fingerprint density at radius 2 is 1.22 bits per heavy atom. The summed E-state index contributed by atoms with van der Waals surface area (Å²) < 4.78 is 0. The molecule has 0 radical (unpaired) electrons. The van der Waals surface area contributed by atoms with Crippen molar-refractivity contribution < 1.29 is 19.8 Å². The van der Waals surface area contributed by atoms with Gasteiger partial charge in [-0.1, -0.05) is 84.9 Å². The summed E-state index contributed by atoms with van der Waals surface area (Å²) in [5.41, 5.74) is 13.0. The number of hydrogen-bond donors (Lipinski definition) is 4. The quantitative estimate of drug-likeness (QED) is 0.370. The summed E-state index contributed by atoms with van der Waals surface area (Å²) in [4.78, 5) is 21.4. The molecule has 0 saturated heterocycles. The number of nitrogens with two attached hydrogens (primary N) is 2. The van der Waals surface area contributed by atoms with E-state index in [0.29, 0.717) is 12.8 Å². The van der Waals surface area contributed by atoms with E-state index in [-0.39, 0.29) is 0 Å². The van der Waals surface area contributed by atoms with Crippen LogP contribution in [0.15, 0.2) is 84.9 Å². The third-order valence-corrected chi connectivity index (χ3v) is 5.22. The third-order valence-electron chi connectivity index (χ3n) is 5.22. The first-order valence-electron chi connectivity index (χ1n) is 10.3. The van der Waals surface area contributed by atoms with Gasteiger partial charge < -0.3 is 21.7 Å². The Hall–Kier alpha value is -3.74. The molecule has 0 aliphatic rings. The van der Waals surface area contributed by atoms with Crippen molar-refractivity contribution >= 4 is 33.5 Å². The predicted octanol–water partition coefficient (Wildman–Crippen LogP) is 3.59. The number of hydrogen-bond acceptors (Lipinski definition) is 4. The van der Waals surface area contributed by atoms with Crippen LogP contribution < -0.4 is 11.5 Å². The first-order valence-corrected chi connectivity index (χ1v) is 10.3. The number of aliphatic carboxylic acids is 2. The fourth-order valence-corrected chi connectivity index (χ4v) is 3.50. The number of carboxylic acid groups (broad SMARTS) is 2. The number of fused-ring (bicyclic) bond motifs is 2. The van der Waals surface area contributed by atoms with Gasteiger partial charge in [0.1, 0.15) is 12.1 Å². The highest BCUT2D eigenvalue weighted by Crippen LogP contribution is 2.19. The summed E-state index contributed by atoms with van der Waals surface area (Å²) in [6, 6.07) is 25.9. The topological polar surface area (TPSA) is 127 Å². The number of carboxylic acids is 2. The number of rotatable bonds is 6. The molecule has 0 spiro atoms. The lowest BCUT2D eigenvalue weighted by molar-refractivity contribution is -0.139. The van der Waals surface area contributed by atoms with E-state index in [4.69, 9.17) is 21.7 Å². The van der Waals surface area contributed by atoms with E-state index in [0.717, 1.165) is 32.7 Å². The summed E-state index contributed by atoms with van der Waals surface area (Å²) in [6.07, 6.45) is 0.719. The molecule has 2 atom stereocenters. The van der Waals surface area contributed by atoms with Crippen LogP contribution in [0, 0.1) is 0 Å². The Balaban J connectivity index is 0.000000181. The van der Waals surface area contributed by atoms with Crippen molar-refractivity contribution in [2.45, 2.75) is 24.9 Å². The lowest BCUT2D eigenvalue weighted by atomic mass is 9.99. The van der Waals surface area contributed by atoms with Crippen LogP contribution >= 0.6 is 0 Å². The van der Waals surface area contributed by atoms with Crippen molar-refractivity contribution in [2.75, 3.05) is 0 Å². The first kappa shape index (κ1) is 22.9. The van der Waals surface area contributed by atoms with Crippen molar-refractivity contribution in [3.63, 3.8) is 0 Å². The summed E-state index contributed by atoms with van der Waals surface area (Å²) in [5, 5.41) is 22.0. The van der Waals surface area contributed by atoms with Crippen LogP contribution in [0.3, 0.4) is 0 Å². The van der Waals surface area contributed by atoms with E-state index >= 15 is 0 Å². The van der Waals surface area contributed by atoms with Crippen LogP contribution in [0.25, 0.3) is 21.5 Å². The van der Waals surface area contributed by atoms with Gasteiger partial charge in [0.2, 0.25) is 0 Å². The van der Waals surface area contributed by atoms with Crippen molar-refractivity contribution in [3.05, 3.63) is 96.1 Å². The Kier molecular flexibility index (Phi) is 7.54. The fraction of sp³-hybridized carbons (Fsp3) is 0.154. The Labute approximate surface area is 186 Å². The van der Waals surface area contributed by atoms with Crippen LogP contribution in [-0.4, -0.2) is 34.2 Å². The van der Waals surface area contributed by atoms with Gasteiger partial charge in [0, 0.05) is 0 Å². The second kappa shape index (κ2) is 10.5. The Morgan fingerprint density at radius 3 is 1.91 bits per heavy atom. The lowest BCUT2D eigenvalue weighted by Gasteiger charge is -2.09. The maximum Gasteiger partial charge on any atom is 0.320 e. The van der Waals surface area contributed by atoms with Crippen LogP contribution in [0.4, 0.5) is 0 Å². The summed E-state index contributed by atoms with van der Waals surface area (Å²) in [5.74, 6) is -1.93. The molecular weight excluding hydrogens is 404 g/mol. The van der Waals surface area contributed by atoms with Gasteiger partial charge in [-0.05, 0) is 45.5 Å². The van der Waals surface area contributed by atoms with Crippen LogP contribution in [0.1, 0.15) is 11.1 Å². The summed E-state index contributed by atoms with van der Waals surface area (Å²) in [7, 11) is 0. The molecule has 6 nitrogen and oxygen atoms in total. The van der Waals surface area contributed by atoms with Gasteiger partial charge in [0.15, 0.2) is 0 Å². The minimum Gasteiger partial charge on any atom is -0.480 e. The molecule has 0 aromatic heterocycles. The minimum absolute atomic E-state index is 0.358. The smallest absolute Gasteiger partial charge is 0.320 e. The molecule has 4 aromatic carbocycles. The molecule has 32 heavy (non-hydrogen) atoms. The second-order valence-electron chi connectivity index (χ2n) is 7.62. The molecule has 4 rings (SSSR count). The van der Waals surface area contributed by atoms with Gasteiger partial charge >= 0.3 is 11.9 Å². The van der Waals surface area contributed by atoms with Crippen molar-refractivity contribution in [1.29, 1.82) is 0 Å². The molecule has 164 valence electrons. The van der Waals surface area contributed by atoms with Gasteiger partial charge in [0.25, 0.3) is 0 Å². The average Bonchev–Trinajstić information content (AvgIpc) is 2.79. The van der Waals surface area contributed by atoms with Crippen LogP contribution in [-0.2, 0) is 22.4 Å². The number of carbonyl (C=O) groups is 2. The maximum absolute atomic E-state index is 10.7. The third kappa shape index (κ3) is 5.91. The highest BCUT2D eigenvalue weighted by atomic mass is 16.4. The molecule has 0 aliphatic heterocycles. The zero-order valence-corrected chi connectivity index (χ0v) is 17.5. The normalized spacial score (nSPS) is 12.6. The molecule has 0 fully saturated rings. The van der Waals surface area contributed by atoms with E-state index < -0.39 is 24.0 Å². The first-order chi connectivity index (χ1) is 15.3. The average molecular weight is 431 g/mol.